The maximum Gasteiger partial charge on any atom is 0.306 e. The van der Waals surface area contributed by atoms with Gasteiger partial charge in [0.2, 0.25) is 5.91 Å². The van der Waals surface area contributed by atoms with E-state index in [4.69, 9.17) is 26.4 Å². The lowest BCUT2D eigenvalue weighted by Crippen LogP contribution is -2.34. The van der Waals surface area contributed by atoms with E-state index in [0.717, 1.165) is 11.4 Å². The minimum Gasteiger partial charge on any atom is -0.491 e. The highest BCUT2D eigenvalue weighted by Crippen LogP contribution is 2.16. The van der Waals surface area contributed by atoms with Crippen LogP contribution in [0, 0.1) is 0 Å². The number of carbonyl (C=O) groups excluding carboxylic acids is 2. The topological polar surface area (TPSA) is 85.9 Å². The van der Waals surface area contributed by atoms with Crippen molar-refractivity contribution in [3.8, 4) is 5.75 Å². The second kappa shape index (κ2) is 11.4. The van der Waals surface area contributed by atoms with Crippen LogP contribution in [0.4, 0.5) is 5.69 Å². The van der Waals surface area contributed by atoms with Gasteiger partial charge < -0.3 is 24.8 Å². The third-order valence-corrected chi connectivity index (χ3v) is 3.05. The van der Waals surface area contributed by atoms with Gasteiger partial charge in [0.15, 0.2) is 5.11 Å². The number of hydrogen-bond acceptors (Lipinski definition) is 6. The van der Waals surface area contributed by atoms with Gasteiger partial charge in [-0.2, -0.15) is 0 Å². The van der Waals surface area contributed by atoms with Crippen LogP contribution in [-0.4, -0.2) is 43.4 Å². The van der Waals surface area contributed by atoms with Gasteiger partial charge in [0.25, 0.3) is 0 Å². The minimum atomic E-state index is -0.452. The Labute approximate surface area is 153 Å². The molecule has 0 aliphatic rings. The van der Waals surface area contributed by atoms with E-state index < -0.39 is 5.97 Å². The van der Waals surface area contributed by atoms with Crippen LogP contribution in [0.1, 0.15) is 26.7 Å². The lowest BCUT2D eigenvalue weighted by molar-refractivity contribution is -0.146. The molecule has 0 saturated carbocycles. The van der Waals surface area contributed by atoms with E-state index in [1.807, 2.05) is 26.0 Å². The summed E-state index contributed by atoms with van der Waals surface area (Å²) in [4.78, 5) is 23.2. The van der Waals surface area contributed by atoms with Gasteiger partial charge in [-0.25, -0.2) is 0 Å². The summed E-state index contributed by atoms with van der Waals surface area (Å²) in [5.74, 6) is -0.0599. The van der Waals surface area contributed by atoms with Crippen molar-refractivity contribution in [2.45, 2.75) is 32.8 Å². The number of hydrogen-bond donors (Lipinski definition) is 2. The van der Waals surface area contributed by atoms with Crippen molar-refractivity contribution in [1.82, 2.24) is 5.32 Å². The molecule has 0 bridgehead atoms. The van der Waals surface area contributed by atoms with Crippen molar-refractivity contribution in [2.24, 2.45) is 0 Å². The Hall–Kier alpha value is -2.19. The molecule has 0 aromatic heterocycles. The summed E-state index contributed by atoms with van der Waals surface area (Å²) in [6, 6.07) is 7.21. The highest BCUT2D eigenvalue weighted by atomic mass is 32.1. The largest absolute Gasteiger partial charge is 0.491 e. The fourth-order valence-electron chi connectivity index (χ4n) is 1.77. The maximum absolute atomic E-state index is 11.8. The van der Waals surface area contributed by atoms with Crippen LogP contribution in [0.25, 0.3) is 0 Å². The van der Waals surface area contributed by atoms with Gasteiger partial charge in [-0.1, -0.05) is 0 Å². The van der Waals surface area contributed by atoms with Crippen molar-refractivity contribution in [1.29, 1.82) is 0 Å². The van der Waals surface area contributed by atoms with Crippen LogP contribution in [0.5, 0.6) is 5.75 Å². The highest BCUT2D eigenvalue weighted by Gasteiger charge is 2.09. The Bertz CT molecular complexity index is 575. The zero-order chi connectivity index (χ0) is 18.7. The lowest BCUT2D eigenvalue weighted by atomic mass is 10.3. The minimum absolute atomic E-state index is 0.00516. The van der Waals surface area contributed by atoms with Crippen LogP contribution in [0.15, 0.2) is 24.3 Å². The number of nitrogens with one attached hydrogen (secondary N) is 2. The Morgan fingerprint density at radius 1 is 1.12 bits per heavy atom. The molecule has 0 spiro atoms. The third kappa shape index (κ3) is 9.63. The van der Waals surface area contributed by atoms with E-state index in [1.54, 1.807) is 12.1 Å². The fourth-order valence-corrected chi connectivity index (χ4v) is 2.00. The van der Waals surface area contributed by atoms with E-state index in [1.165, 1.54) is 7.11 Å². The number of amides is 1. The van der Waals surface area contributed by atoms with Gasteiger partial charge in [0.05, 0.1) is 19.1 Å². The number of methoxy groups -OCH3 is 1. The molecule has 1 aromatic rings. The molecule has 0 radical (unpaired) electrons. The first-order valence-electron chi connectivity index (χ1n) is 7.93. The van der Waals surface area contributed by atoms with Gasteiger partial charge in [0.1, 0.15) is 12.4 Å². The third-order valence-electron chi connectivity index (χ3n) is 2.84. The summed E-state index contributed by atoms with van der Waals surface area (Å²) < 4.78 is 15.2. The summed E-state index contributed by atoms with van der Waals surface area (Å²) in [7, 11) is 1.51. The van der Waals surface area contributed by atoms with Crippen molar-refractivity contribution < 1.29 is 23.8 Å². The average molecular weight is 368 g/mol. The molecule has 25 heavy (non-hydrogen) atoms. The normalized spacial score (nSPS) is 10.2. The molecule has 0 heterocycles. The monoisotopic (exact) mass is 368 g/mol. The number of carbonyl (C=O) groups is 2. The molecule has 1 aromatic carbocycles. The first-order valence-corrected chi connectivity index (χ1v) is 8.33. The standard InChI is InChI=1S/C17H24N2O5S/c1-12(2)24-14-6-4-13(5-7-14)18-17(25)19-15(20)8-9-16(21)23-11-10-22-3/h4-7,12H,8-11H2,1-3H3,(H2,18,19,20,25). The predicted molar refractivity (Wildman–Crippen MR) is 98.6 cm³/mol. The van der Waals surface area contributed by atoms with Gasteiger partial charge >= 0.3 is 5.97 Å². The Morgan fingerprint density at radius 2 is 1.80 bits per heavy atom. The Balaban J connectivity index is 2.31. The molecule has 0 atom stereocenters. The molecule has 8 heteroatoms. The van der Waals surface area contributed by atoms with Crippen LogP contribution in [-0.2, 0) is 19.1 Å². The molecule has 2 N–H and O–H groups in total. The maximum atomic E-state index is 11.8. The van der Waals surface area contributed by atoms with Gasteiger partial charge in [0, 0.05) is 19.2 Å². The van der Waals surface area contributed by atoms with Gasteiger partial charge in [-0.05, 0) is 50.3 Å². The van der Waals surface area contributed by atoms with E-state index in [2.05, 4.69) is 10.6 Å². The van der Waals surface area contributed by atoms with E-state index in [-0.39, 0.29) is 36.6 Å². The summed E-state index contributed by atoms with van der Waals surface area (Å²) in [5, 5.41) is 5.57. The molecule has 7 nitrogen and oxygen atoms in total. The summed E-state index contributed by atoms with van der Waals surface area (Å²) >= 11 is 5.07. The molecule has 0 aliphatic carbocycles. The second-order valence-electron chi connectivity index (χ2n) is 5.41. The van der Waals surface area contributed by atoms with Crippen LogP contribution >= 0.6 is 12.2 Å². The zero-order valence-corrected chi connectivity index (χ0v) is 15.5. The van der Waals surface area contributed by atoms with E-state index >= 15 is 0 Å². The second-order valence-corrected chi connectivity index (χ2v) is 5.81. The van der Waals surface area contributed by atoms with Gasteiger partial charge in [-0.15, -0.1) is 0 Å². The summed E-state index contributed by atoms with van der Waals surface area (Å²) in [6.07, 6.45) is 0.0779. The molecular formula is C17H24N2O5S. The van der Waals surface area contributed by atoms with E-state index in [9.17, 15) is 9.59 Å². The Morgan fingerprint density at radius 3 is 2.40 bits per heavy atom. The molecule has 1 rings (SSSR count). The van der Waals surface area contributed by atoms with Gasteiger partial charge in [-0.3, -0.25) is 9.59 Å². The first kappa shape index (κ1) is 20.9. The summed E-state index contributed by atoms with van der Waals surface area (Å²) in [6.45, 7) is 4.40. The van der Waals surface area contributed by atoms with E-state index in [0.29, 0.717) is 6.61 Å². The van der Waals surface area contributed by atoms with Crippen LogP contribution in [0.2, 0.25) is 0 Å². The lowest BCUT2D eigenvalue weighted by Gasteiger charge is -2.12. The van der Waals surface area contributed by atoms with Crippen LogP contribution in [0.3, 0.4) is 0 Å². The molecule has 0 aliphatic heterocycles. The highest BCUT2D eigenvalue weighted by molar-refractivity contribution is 7.80. The fraction of sp³-hybridized carbons (Fsp3) is 0.471. The predicted octanol–water partition coefficient (Wildman–Crippen LogP) is 2.26. The molecule has 0 unspecified atom stereocenters. The molecule has 138 valence electrons. The quantitative estimate of drug-likeness (QED) is 0.393. The van der Waals surface area contributed by atoms with Crippen molar-refractivity contribution >= 4 is 34.9 Å². The first-order chi connectivity index (χ1) is 11.9. The molecular weight excluding hydrogens is 344 g/mol. The number of ether oxygens (including phenoxy) is 3. The smallest absolute Gasteiger partial charge is 0.306 e. The van der Waals surface area contributed by atoms with Crippen LogP contribution < -0.4 is 15.4 Å². The van der Waals surface area contributed by atoms with Crippen molar-refractivity contribution in [3.63, 3.8) is 0 Å². The number of rotatable bonds is 9. The van der Waals surface area contributed by atoms with Crippen molar-refractivity contribution in [3.05, 3.63) is 24.3 Å². The molecule has 1 amide bonds. The Kier molecular flexibility index (Phi) is 9.49. The number of thiocarbonyl (C=S) groups is 1. The summed E-state index contributed by atoms with van der Waals surface area (Å²) in [5.41, 5.74) is 0.723. The van der Waals surface area contributed by atoms with Crippen molar-refractivity contribution in [2.75, 3.05) is 25.6 Å². The number of anilines is 1. The number of benzene rings is 1. The SMILES string of the molecule is COCCOC(=O)CCC(=O)NC(=S)Nc1ccc(OC(C)C)cc1. The molecule has 0 saturated heterocycles. The average Bonchev–Trinajstić information content (AvgIpc) is 2.54. The molecule has 0 fully saturated rings. The number of esters is 1. The zero-order valence-electron chi connectivity index (χ0n) is 14.7.